The van der Waals surface area contributed by atoms with Gasteiger partial charge in [-0.2, -0.15) is 0 Å². The van der Waals surface area contributed by atoms with Gasteiger partial charge in [0.25, 0.3) is 5.91 Å². The number of nitrogens with zero attached hydrogens (tertiary/aromatic N) is 3. The van der Waals surface area contributed by atoms with Crippen molar-refractivity contribution in [2.45, 2.75) is 13.3 Å². The van der Waals surface area contributed by atoms with Crippen molar-refractivity contribution < 1.29 is 14.3 Å². The van der Waals surface area contributed by atoms with Gasteiger partial charge in [0.2, 0.25) is 0 Å². The van der Waals surface area contributed by atoms with Crippen molar-refractivity contribution in [1.82, 2.24) is 9.97 Å². The molecule has 0 fully saturated rings. The average Bonchev–Trinajstić information content (AvgIpc) is 3.08. The van der Waals surface area contributed by atoms with E-state index in [2.05, 4.69) is 9.97 Å². The molecule has 2 aromatic rings. The second kappa shape index (κ2) is 8.79. The number of ether oxygens (including phenoxy) is 1. The average molecular weight is 331 g/mol. The Hall–Kier alpha value is -2.54. The van der Waals surface area contributed by atoms with Gasteiger partial charge in [-0.3, -0.25) is 14.7 Å². The summed E-state index contributed by atoms with van der Waals surface area (Å²) in [6.45, 7) is 2.41. The van der Waals surface area contributed by atoms with E-state index in [4.69, 9.17) is 4.74 Å². The summed E-state index contributed by atoms with van der Waals surface area (Å²) in [7, 11) is 0. The maximum Gasteiger partial charge on any atom is 0.330 e. The predicted molar refractivity (Wildman–Crippen MR) is 88.2 cm³/mol. The van der Waals surface area contributed by atoms with E-state index < -0.39 is 5.97 Å². The van der Waals surface area contributed by atoms with Crippen LogP contribution in [0.15, 0.2) is 48.1 Å². The lowest BCUT2D eigenvalue weighted by molar-refractivity contribution is -0.137. The molecule has 0 N–H and O–H groups in total. The number of esters is 1. The number of carbonyl (C=O) groups is 2. The smallest absolute Gasteiger partial charge is 0.330 e. The van der Waals surface area contributed by atoms with Gasteiger partial charge in [0.05, 0.1) is 6.61 Å². The van der Waals surface area contributed by atoms with Crippen LogP contribution in [0.5, 0.6) is 0 Å². The fourth-order valence-corrected chi connectivity index (χ4v) is 2.52. The first-order valence-corrected chi connectivity index (χ1v) is 8.04. The van der Waals surface area contributed by atoms with Crippen molar-refractivity contribution in [3.8, 4) is 0 Å². The zero-order valence-corrected chi connectivity index (χ0v) is 13.5. The Morgan fingerprint density at radius 1 is 1.26 bits per heavy atom. The molecular formula is C16H17N3O3S. The molecule has 2 heterocycles. The number of amides is 1. The molecule has 0 saturated heterocycles. The molecule has 6 nitrogen and oxygen atoms in total. The molecule has 7 heteroatoms. The number of hydrogen-bond acceptors (Lipinski definition) is 6. The van der Waals surface area contributed by atoms with Gasteiger partial charge in [-0.05, 0) is 19.1 Å². The molecule has 0 atom stereocenters. The van der Waals surface area contributed by atoms with Gasteiger partial charge >= 0.3 is 5.97 Å². The second-order valence-electron chi connectivity index (χ2n) is 4.46. The molecule has 23 heavy (non-hydrogen) atoms. The zero-order chi connectivity index (χ0) is 16.5. The van der Waals surface area contributed by atoms with E-state index in [0.29, 0.717) is 18.1 Å². The van der Waals surface area contributed by atoms with E-state index in [1.165, 1.54) is 22.3 Å². The highest BCUT2D eigenvalue weighted by molar-refractivity contribution is 7.13. The first-order chi connectivity index (χ1) is 11.2. The van der Waals surface area contributed by atoms with Crippen molar-refractivity contribution in [3.05, 3.63) is 53.8 Å². The highest BCUT2D eigenvalue weighted by atomic mass is 32.1. The quantitative estimate of drug-likeness (QED) is 0.575. The van der Waals surface area contributed by atoms with Crippen LogP contribution in [0.3, 0.4) is 0 Å². The standard InChI is InChI=1S/C16H17N3O3S/c1-2-22-15(21)7-6-14(20)19(16-18-10-12-23-16)11-8-13-5-3-4-9-17-13/h3-7,9-10,12H,2,8,11H2,1H3/b7-6+. The summed E-state index contributed by atoms with van der Waals surface area (Å²) in [5, 5.41) is 2.38. The van der Waals surface area contributed by atoms with Crippen molar-refractivity contribution in [2.75, 3.05) is 18.1 Å². The van der Waals surface area contributed by atoms with Crippen LogP contribution in [0, 0.1) is 0 Å². The Labute approximate surface area is 138 Å². The third-order valence-electron chi connectivity index (χ3n) is 2.88. The number of thiazole rings is 1. The highest BCUT2D eigenvalue weighted by Crippen LogP contribution is 2.18. The van der Waals surface area contributed by atoms with Gasteiger partial charge in [0.1, 0.15) is 0 Å². The van der Waals surface area contributed by atoms with E-state index in [9.17, 15) is 9.59 Å². The molecular weight excluding hydrogens is 314 g/mol. The Morgan fingerprint density at radius 3 is 2.78 bits per heavy atom. The van der Waals surface area contributed by atoms with E-state index in [1.54, 1.807) is 24.7 Å². The van der Waals surface area contributed by atoms with E-state index in [1.807, 2.05) is 18.2 Å². The van der Waals surface area contributed by atoms with Crippen molar-refractivity contribution in [2.24, 2.45) is 0 Å². The van der Waals surface area contributed by atoms with Gasteiger partial charge in [-0.15, -0.1) is 11.3 Å². The van der Waals surface area contributed by atoms with Crippen molar-refractivity contribution in [1.29, 1.82) is 0 Å². The van der Waals surface area contributed by atoms with Crippen LogP contribution in [0.25, 0.3) is 0 Å². The van der Waals surface area contributed by atoms with Gasteiger partial charge in [0.15, 0.2) is 5.13 Å². The molecule has 0 spiro atoms. The lowest BCUT2D eigenvalue weighted by atomic mass is 10.2. The summed E-state index contributed by atoms with van der Waals surface area (Å²) < 4.78 is 4.77. The number of aromatic nitrogens is 2. The van der Waals surface area contributed by atoms with Gasteiger partial charge in [0, 0.05) is 48.6 Å². The Bertz CT molecular complexity index is 656. The predicted octanol–water partition coefficient (Wildman–Crippen LogP) is 2.23. The van der Waals surface area contributed by atoms with Crippen molar-refractivity contribution in [3.63, 3.8) is 0 Å². The maximum atomic E-state index is 12.3. The first kappa shape index (κ1) is 16.8. The summed E-state index contributed by atoms with van der Waals surface area (Å²) in [6.07, 6.45) is 6.28. The molecule has 0 radical (unpaired) electrons. The highest BCUT2D eigenvalue weighted by Gasteiger charge is 2.16. The van der Waals surface area contributed by atoms with E-state index in [0.717, 1.165) is 11.8 Å². The monoisotopic (exact) mass is 331 g/mol. The molecule has 2 aromatic heterocycles. The zero-order valence-electron chi connectivity index (χ0n) is 12.7. The van der Waals surface area contributed by atoms with Crippen LogP contribution in [0.1, 0.15) is 12.6 Å². The SMILES string of the molecule is CCOC(=O)/C=C/C(=O)N(CCc1ccccn1)c1nccs1. The first-order valence-electron chi connectivity index (χ1n) is 7.16. The summed E-state index contributed by atoms with van der Waals surface area (Å²) in [5.74, 6) is -0.853. The molecule has 0 bridgehead atoms. The number of rotatable bonds is 7. The summed E-state index contributed by atoms with van der Waals surface area (Å²) >= 11 is 1.36. The van der Waals surface area contributed by atoms with Crippen LogP contribution >= 0.6 is 11.3 Å². The minimum atomic E-state index is -0.537. The van der Waals surface area contributed by atoms with Crippen LogP contribution < -0.4 is 4.90 Å². The molecule has 0 saturated carbocycles. The summed E-state index contributed by atoms with van der Waals surface area (Å²) in [6, 6.07) is 5.65. The lowest BCUT2D eigenvalue weighted by Crippen LogP contribution is -2.31. The molecule has 0 unspecified atom stereocenters. The van der Waals surface area contributed by atoms with Crippen LogP contribution in [0.2, 0.25) is 0 Å². The molecule has 1 amide bonds. The fourth-order valence-electron chi connectivity index (χ4n) is 1.84. The number of carbonyl (C=O) groups excluding carboxylic acids is 2. The van der Waals surface area contributed by atoms with Crippen LogP contribution in [-0.4, -0.2) is 35.0 Å². The molecule has 0 aliphatic rings. The molecule has 2 rings (SSSR count). The van der Waals surface area contributed by atoms with E-state index in [-0.39, 0.29) is 12.5 Å². The number of pyridine rings is 1. The molecule has 0 aliphatic heterocycles. The Kier molecular flexibility index (Phi) is 6.43. The third kappa shape index (κ3) is 5.30. The second-order valence-corrected chi connectivity index (χ2v) is 5.33. The van der Waals surface area contributed by atoms with Gasteiger partial charge in [-0.1, -0.05) is 6.07 Å². The normalized spacial score (nSPS) is 10.7. The lowest BCUT2D eigenvalue weighted by Gasteiger charge is -2.17. The summed E-state index contributed by atoms with van der Waals surface area (Å²) in [4.78, 5) is 33.6. The van der Waals surface area contributed by atoms with Crippen LogP contribution in [-0.2, 0) is 20.7 Å². The van der Waals surface area contributed by atoms with Crippen LogP contribution in [0.4, 0.5) is 5.13 Å². The molecule has 120 valence electrons. The van der Waals surface area contributed by atoms with Crippen molar-refractivity contribution >= 4 is 28.3 Å². The van der Waals surface area contributed by atoms with Gasteiger partial charge in [-0.25, -0.2) is 9.78 Å². The molecule has 0 aliphatic carbocycles. The topological polar surface area (TPSA) is 72.4 Å². The largest absolute Gasteiger partial charge is 0.463 e. The number of hydrogen-bond donors (Lipinski definition) is 0. The minimum Gasteiger partial charge on any atom is -0.463 e. The summed E-state index contributed by atoms with van der Waals surface area (Å²) in [5.41, 5.74) is 0.885. The Morgan fingerprint density at radius 2 is 2.13 bits per heavy atom. The third-order valence-corrected chi connectivity index (χ3v) is 3.68. The fraction of sp³-hybridized carbons (Fsp3) is 0.250. The number of anilines is 1. The van der Waals surface area contributed by atoms with E-state index >= 15 is 0 Å². The molecule has 0 aromatic carbocycles. The Balaban J connectivity index is 2.05. The maximum absolute atomic E-state index is 12.3. The minimum absolute atomic E-state index is 0.271. The van der Waals surface area contributed by atoms with Gasteiger partial charge < -0.3 is 4.74 Å².